The largest absolute Gasteiger partial charge is 0.488 e. The lowest BCUT2D eigenvalue weighted by atomic mass is 9.80. The monoisotopic (exact) mass is 587 g/mol. The van der Waals surface area contributed by atoms with Gasteiger partial charge in [-0.15, -0.1) is 11.3 Å². The van der Waals surface area contributed by atoms with Crippen LogP contribution in [0.2, 0.25) is 0 Å². The van der Waals surface area contributed by atoms with E-state index in [0.29, 0.717) is 5.46 Å². The van der Waals surface area contributed by atoms with E-state index in [1.54, 1.807) is 12.1 Å². The first kappa shape index (κ1) is 26.9. The molecule has 7 aromatic rings. The summed E-state index contributed by atoms with van der Waals surface area (Å²) in [5.41, 5.74) is 11.0. The molecule has 0 radical (unpaired) electrons. The Balaban J connectivity index is 1.22. The van der Waals surface area contributed by atoms with Crippen LogP contribution in [0.15, 0.2) is 133 Å². The van der Waals surface area contributed by atoms with Crippen molar-refractivity contribution in [3.63, 3.8) is 0 Å². The first-order valence-electron chi connectivity index (χ1n) is 14.9. The van der Waals surface area contributed by atoms with Gasteiger partial charge >= 0.3 is 7.12 Å². The minimum atomic E-state index is -1.51. The van der Waals surface area contributed by atoms with Gasteiger partial charge in [0.15, 0.2) is 0 Å². The van der Waals surface area contributed by atoms with Gasteiger partial charge in [-0.05, 0) is 93.4 Å². The summed E-state index contributed by atoms with van der Waals surface area (Å²) in [6, 6.07) is 47.0. The summed E-state index contributed by atoms with van der Waals surface area (Å²) in [5.74, 6) is 0. The van der Waals surface area contributed by atoms with Gasteiger partial charge in [0.1, 0.15) is 0 Å². The zero-order valence-corrected chi connectivity index (χ0v) is 25.3. The lowest BCUT2D eigenvalue weighted by Crippen LogP contribution is -2.29. The van der Waals surface area contributed by atoms with E-state index in [0.717, 1.165) is 22.6 Å². The van der Waals surface area contributed by atoms with Gasteiger partial charge in [-0.2, -0.15) is 0 Å². The highest BCUT2D eigenvalue weighted by Gasteiger charge is 2.35. The summed E-state index contributed by atoms with van der Waals surface area (Å²) in [5, 5.41) is 22.1. The minimum Gasteiger partial charge on any atom is -0.423 e. The minimum absolute atomic E-state index is 0.118. The second-order valence-corrected chi connectivity index (χ2v) is 13.1. The number of hydrogen-bond donors (Lipinski definition) is 2. The topological polar surface area (TPSA) is 43.7 Å². The number of thiophene rings is 1. The summed E-state index contributed by atoms with van der Waals surface area (Å²) in [6.07, 6.45) is 0. The third-order valence-corrected chi connectivity index (χ3v) is 10.3. The molecule has 0 unspecified atom stereocenters. The lowest BCUT2D eigenvalue weighted by molar-refractivity contribution is 0.426. The standard InChI is InChI=1S/C39H30BNO2S/c1-39(2)35-9-5-3-7-31(35)32-21-20-30(24-36(32)39)41(29-18-14-27(15-19-29)40(42)43)28-16-11-25(12-17-28)26-13-22-38-34(23-26)33-8-4-6-10-37(33)44-38/h3-24,42-43H,1-2H3. The number of rotatable bonds is 5. The highest BCUT2D eigenvalue weighted by atomic mass is 32.1. The third-order valence-electron chi connectivity index (χ3n) is 9.11. The second-order valence-electron chi connectivity index (χ2n) is 12.1. The fraction of sp³-hybridized carbons (Fsp3) is 0.0769. The number of fused-ring (bicyclic) bond motifs is 6. The van der Waals surface area contributed by atoms with Gasteiger partial charge in [0.2, 0.25) is 0 Å². The van der Waals surface area contributed by atoms with Gasteiger partial charge in [-0.3, -0.25) is 0 Å². The Kier molecular flexibility index (Phi) is 6.24. The van der Waals surface area contributed by atoms with Crippen molar-refractivity contribution in [1.29, 1.82) is 0 Å². The SMILES string of the molecule is CC1(C)c2ccccc2-c2ccc(N(c3ccc(B(O)O)cc3)c3ccc(-c4ccc5sc6ccccc6c5c4)cc3)cc21. The maximum absolute atomic E-state index is 9.73. The van der Waals surface area contributed by atoms with Gasteiger partial charge in [0, 0.05) is 42.6 Å². The van der Waals surface area contributed by atoms with Gasteiger partial charge in [-0.25, -0.2) is 0 Å². The maximum Gasteiger partial charge on any atom is 0.488 e. The zero-order chi connectivity index (χ0) is 30.0. The first-order valence-corrected chi connectivity index (χ1v) is 15.7. The van der Waals surface area contributed by atoms with E-state index < -0.39 is 7.12 Å². The van der Waals surface area contributed by atoms with E-state index in [2.05, 4.69) is 128 Å². The summed E-state index contributed by atoms with van der Waals surface area (Å²) < 4.78 is 2.61. The Morgan fingerprint density at radius 2 is 1.16 bits per heavy atom. The summed E-state index contributed by atoms with van der Waals surface area (Å²) in [6.45, 7) is 4.59. The van der Waals surface area contributed by atoms with Crippen molar-refractivity contribution in [1.82, 2.24) is 0 Å². The molecule has 0 fully saturated rings. The van der Waals surface area contributed by atoms with Gasteiger partial charge in [0.25, 0.3) is 0 Å². The highest BCUT2D eigenvalue weighted by molar-refractivity contribution is 7.25. The van der Waals surface area contributed by atoms with Gasteiger partial charge in [0.05, 0.1) is 0 Å². The summed E-state index contributed by atoms with van der Waals surface area (Å²) in [7, 11) is -1.51. The molecule has 0 saturated heterocycles. The molecular weight excluding hydrogens is 557 g/mol. The predicted octanol–water partition coefficient (Wildman–Crippen LogP) is 9.18. The number of hydrogen-bond acceptors (Lipinski definition) is 4. The first-order chi connectivity index (χ1) is 21.4. The van der Waals surface area contributed by atoms with Crippen molar-refractivity contribution in [2.75, 3.05) is 4.90 Å². The van der Waals surface area contributed by atoms with E-state index in [9.17, 15) is 10.0 Å². The fourth-order valence-electron chi connectivity index (χ4n) is 6.78. The normalized spacial score (nSPS) is 13.2. The molecular formula is C39H30BNO2S. The number of nitrogens with zero attached hydrogens (tertiary/aromatic N) is 1. The van der Waals surface area contributed by atoms with Crippen LogP contribution < -0.4 is 10.4 Å². The average molecular weight is 588 g/mol. The zero-order valence-electron chi connectivity index (χ0n) is 24.5. The molecule has 6 aromatic carbocycles. The molecule has 1 aliphatic rings. The van der Waals surface area contributed by atoms with E-state index in [1.165, 1.54) is 48.0 Å². The molecule has 1 aliphatic carbocycles. The van der Waals surface area contributed by atoms with E-state index in [-0.39, 0.29) is 5.41 Å². The molecule has 3 nitrogen and oxygen atoms in total. The number of anilines is 3. The molecule has 0 amide bonds. The maximum atomic E-state index is 9.73. The molecule has 5 heteroatoms. The molecule has 2 N–H and O–H groups in total. The van der Waals surface area contributed by atoms with E-state index >= 15 is 0 Å². The molecule has 212 valence electrons. The van der Waals surface area contributed by atoms with Gasteiger partial charge < -0.3 is 14.9 Å². The van der Waals surface area contributed by atoms with Crippen LogP contribution in [0, 0.1) is 0 Å². The van der Waals surface area contributed by atoms with Crippen LogP contribution in [0.3, 0.4) is 0 Å². The lowest BCUT2D eigenvalue weighted by Gasteiger charge is -2.28. The molecule has 0 spiro atoms. The van der Waals surface area contributed by atoms with Crippen LogP contribution >= 0.6 is 11.3 Å². The fourth-order valence-corrected chi connectivity index (χ4v) is 7.87. The van der Waals surface area contributed by atoms with E-state index in [4.69, 9.17) is 0 Å². The average Bonchev–Trinajstić information content (AvgIpc) is 3.53. The molecule has 0 saturated carbocycles. The van der Waals surface area contributed by atoms with Crippen molar-refractivity contribution in [3.8, 4) is 22.3 Å². The van der Waals surface area contributed by atoms with Crippen LogP contribution in [-0.4, -0.2) is 17.2 Å². The Labute approximate surface area is 261 Å². The molecule has 1 heterocycles. The van der Waals surface area contributed by atoms with Crippen molar-refractivity contribution in [2.45, 2.75) is 19.3 Å². The summed E-state index contributed by atoms with van der Waals surface area (Å²) in [4.78, 5) is 2.24. The second kappa shape index (κ2) is 10.2. The Hall–Kier alpha value is -4.68. The molecule has 44 heavy (non-hydrogen) atoms. The molecule has 8 rings (SSSR count). The van der Waals surface area contributed by atoms with Crippen LogP contribution in [-0.2, 0) is 5.41 Å². The Morgan fingerprint density at radius 3 is 1.93 bits per heavy atom. The predicted molar refractivity (Wildman–Crippen MR) is 187 cm³/mol. The highest BCUT2D eigenvalue weighted by Crippen LogP contribution is 2.50. The molecule has 0 aliphatic heterocycles. The van der Waals surface area contributed by atoms with Crippen LogP contribution in [0.4, 0.5) is 17.1 Å². The van der Waals surface area contributed by atoms with Crippen LogP contribution in [0.25, 0.3) is 42.4 Å². The molecule has 1 aromatic heterocycles. The van der Waals surface area contributed by atoms with Gasteiger partial charge in [-0.1, -0.05) is 92.7 Å². The van der Waals surface area contributed by atoms with Crippen molar-refractivity contribution >= 4 is 61.2 Å². The molecule has 0 atom stereocenters. The number of benzene rings is 6. The summed E-state index contributed by atoms with van der Waals surface area (Å²) >= 11 is 1.84. The van der Waals surface area contributed by atoms with Crippen LogP contribution in [0.1, 0.15) is 25.0 Å². The smallest absolute Gasteiger partial charge is 0.423 e. The van der Waals surface area contributed by atoms with Crippen molar-refractivity contribution in [2.24, 2.45) is 0 Å². The Bertz CT molecular complexity index is 2180. The Morgan fingerprint density at radius 1 is 0.545 bits per heavy atom. The molecule has 0 bridgehead atoms. The van der Waals surface area contributed by atoms with Crippen LogP contribution in [0.5, 0.6) is 0 Å². The quantitative estimate of drug-likeness (QED) is 0.197. The van der Waals surface area contributed by atoms with Crippen molar-refractivity contribution < 1.29 is 10.0 Å². The third kappa shape index (κ3) is 4.28. The van der Waals surface area contributed by atoms with E-state index in [1.807, 2.05) is 23.5 Å². The van der Waals surface area contributed by atoms with Crippen molar-refractivity contribution in [3.05, 3.63) is 145 Å².